The molecule has 0 aliphatic heterocycles. The van der Waals surface area contributed by atoms with Crippen molar-refractivity contribution in [1.82, 2.24) is 4.98 Å². The van der Waals surface area contributed by atoms with Crippen LogP contribution in [-0.2, 0) is 11.0 Å². The van der Waals surface area contributed by atoms with Crippen LogP contribution in [0.1, 0.15) is 18.4 Å². The molecule has 2 aromatic rings. The number of anilines is 3. The van der Waals surface area contributed by atoms with Gasteiger partial charge in [-0.1, -0.05) is 11.6 Å². The van der Waals surface area contributed by atoms with E-state index in [9.17, 15) is 18.0 Å². The van der Waals surface area contributed by atoms with Crippen LogP contribution in [0.3, 0.4) is 0 Å². The average Bonchev–Trinajstić information content (AvgIpc) is 3.35. The summed E-state index contributed by atoms with van der Waals surface area (Å²) in [5, 5.41) is 5.16. The Kier molecular flexibility index (Phi) is 4.36. The number of aromatic nitrogens is 1. The van der Waals surface area contributed by atoms with Crippen molar-refractivity contribution >= 4 is 34.7 Å². The van der Waals surface area contributed by atoms with E-state index < -0.39 is 11.7 Å². The number of hydrogen-bond acceptors (Lipinski definition) is 3. The Labute approximate surface area is 141 Å². The van der Waals surface area contributed by atoms with E-state index in [1.807, 2.05) is 0 Å². The summed E-state index contributed by atoms with van der Waals surface area (Å²) < 4.78 is 38.5. The largest absolute Gasteiger partial charge is 0.417 e. The van der Waals surface area contributed by atoms with Gasteiger partial charge in [0.25, 0.3) is 0 Å². The highest BCUT2D eigenvalue weighted by atomic mass is 35.5. The number of nitrogens with one attached hydrogen (secondary N) is 2. The number of pyridine rings is 1. The highest BCUT2D eigenvalue weighted by molar-refractivity contribution is 6.31. The molecule has 2 N–H and O–H groups in total. The van der Waals surface area contributed by atoms with E-state index in [-0.39, 0.29) is 22.5 Å². The summed E-state index contributed by atoms with van der Waals surface area (Å²) in [4.78, 5) is 15.7. The first-order chi connectivity index (χ1) is 11.3. The van der Waals surface area contributed by atoms with Gasteiger partial charge in [-0.2, -0.15) is 13.2 Å². The van der Waals surface area contributed by atoms with Gasteiger partial charge in [0.05, 0.1) is 22.5 Å². The highest BCUT2D eigenvalue weighted by Crippen LogP contribution is 2.36. The molecule has 1 aliphatic carbocycles. The molecule has 0 spiro atoms. The number of carbonyl (C=O) groups is 1. The van der Waals surface area contributed by atoms with Crippen LogP contribution in [0.4, 0.5) is 30.4 Å². The van der Waals surface area contributed by atoms with Crippen molar-refractivity contribution in [2.45, 2.75) is 19.0 Å². The van der Waals surface area contributed by atoms with E-state index in [0.29, 0.717) is 11.5 Å². The number of alkyl halides is 3. The van der Waals surface area contributed by atoms with Crippen molar-refractivity contribution in [3.8, 4) is 0 Å². The molecule has 1 amide bonds. The van der Waals surface area contributed by atoms with Crippen LogP contribution in [0, 0.1) is 5.92 Å². The zero-order valence-electron chi connectivity index (χ0n) is 12.3. The minimum Gasteiger partial charge on any atom is -0.354 e. The Balaban J connectivity index is 1.70. The Hall–Kier alpha value is -2.28. The second kappa shape index (κ2) is 6.32. The topological polar surface area (TPSA) is 54.0 Å². The maximum absolute atomic E-state index is 12.8. The molecule has 1 heterocycles. The fourth-order valence-corrected chi connectivity index (χ4v) is 2.33. The molecule has 0 unspecified atom stereocenters. The number of carbonyl (C=O) groups excluding carboxylic acids is 1. The molecular weight excluding hydrogens is 343 g/mol. The number of halogens is 4. The molecule has 1 aromatic carbocycles. The first-order valence-electron chi connectivity index (χ1n) is 7.23. The molecular formula is C16H13ClF3N3O. The zero-order valence-corrected chi connectivity index (χ0v) is 13.1. The molecule has 0 saturated heterocycles. The van der Waals surface area contributed by atoms with E-state index in [1.165, 1.54) is 18.3 Å². The smallest absolute Gasteiger partial charge is 0.354 e. The molecule has 0 atom stereocenters. The number of benzene rings is 1. The van der Waals surface area contributed by atoms with Gasteiger partial charge in [0.1, 0.15) is 5.82 Å². The van der Waals surface area contributed by atoms with Gasteiger partial charge in [-0.3, -0.25) is 4.79 Å². The van der Waals surface area contributed by atoms with E-state index >= 15 is 0 Å². The zero-order chi connectivity index (χ0) is 17.3. The molecule has 0 radical (unpaired) electrons. The average molecular weight is 356 g/mol. The summed E-state index contributed by atoms with van der Waals surface area (Å²) in [5.74, 6) is 0.416. The van der Waals surface area contributed by atoms with Crippen LogP contribution in [0.25, 0.3) is 0 Å². The van der Waals surface area contributed by atoms with Gasteiger partial charge in [0.2, 0.25) is 5.91 Å². The minimum absolute atomic E-state index is 0.0595. The van der Waals surface area contributed by atoms with Crippen LogP contribution >= 0.6 is 11.6 Å². The predicted molar refractivity (Wildman–Crippen MR) is 85.3 cm³/mol. The summed E-state index contributed by atoms with van der Waals surface area (Å²) in [7, 11) is 0. The van der Waals surface area contributed by atoms with Crippen molar-refractivity contribution in [2.24, 2.45) is 5.92 Å². The lowest BCUT2D eigenvalue weighted by molar-refractivity contribution is -0.137. The Bertz CT molecular complexity index is 758. The quantitative estimate of drug-likeness (QED) is 0.824. The summed E-state index contributed by atoms with van der Waals surface area (Å²) in [6.07, 6.45) is -1.30. The number of hydrogen-bond donors (Lipinski definition) is 2. The van der Waals surface area contributed by atoms with Crippen LogP contribution < -0.4 is 10.6 Å². The van der Waals surface area contributed by atoms with Gasteiger partial charge in [-0.25, -0.2) is 4.98 Å². The van der Waals surface area contributed by atoms with Gasteiger partial charge in [-0.05, 0) is 43.2 Å². The van der Waals surface area contributed by atoms with E-state index in [0.717, 1.165) is 18.9 Å². The number of rotatable bonds is 4. The summed E-state index contributed by atoms with van der Waals surface area (Å²) in [5.41, 5.74) is -0.173. The lowest BCUT2D eigenvalue weighted by Crippen LogP contribution is -2.14. The lowest BCUT2D eigenvalue weighted by atomic mass is 10.2. The summed E-state index contributed by atoms with van der Waals surface area (Å²) in [6.45, 7) is 0. The Morgan fingerprint density at radius 3 is 2.46 bits per heavy atom. The Morgan fingerprint density at radius 1 is 1.17 bits per heavy atom. The normalized spacial score (nSPS) is 14.3. The monoisotopic (exact) mass is 355 g/mol. The first-order valence-corrected chi connectivity index (χ1v) is 7.61. The molecule has 3 rings (SSSR count). The molecule has 4 nitrogen and oxygen atoms in total. The third-order valence-electron chi connectivity index (χ3n) is 3.52. The van der Waals surface area contributed by atoms with E-state index in [4.69, 9.17) is 11.6 Å². The van der Waals surface area contributed by atoms with Gasteiger partial charge in [-0.15, -0.1) is 0 Å². The van der Waals surface area contributed by atoms with Crippen LogP contribution in [0.2, 0.25) is 5.02 Å². The van der Waals surface area contributed by atoms with Gasteiger partial charge >= 0.3 is 6.18 Å². The van der Waals surface area contributed by atoms with Gasteiger partial charge < -0.3 is 10.6 Å². The molecule has 1 aromatic heterocycles. The third-order valence-corrected chi connectivity index (χ3v) is 3.85. The highest BCUT2D eigenvalue weighted by Gasteiger charge is 2.33. The SMILES string of the molecule is O=C(Nc1ccc(Nc2ccc(Cl)c(C(F)(F)F)c2)cn1)C1CC1. The van der Waals surface area contributed by atoms with Crippen LogP contribution in [-0.4, -0.2) is 10.9 Å². The van der Waals surface area contributed by atoms with Gasteiger partial charge in [0, 0.05) is 11.6 Å². The predicted octanol–water partition coefficient (Wildman–Crippen LogP) is 4.85. The van der Waals surface area contributed by atoms with Crippen molar-refractivity contribution in [1.29, 1.82) is 0 Å². The summed E-state index contributed by atoms with van der Waals surface area (Å²) >= 11 is 5.58. The lowest BCUT2D eigenvalue weighted by Gasteiger charge is -2.12. The van der Waals surface area contributed by atoms with E-state index in [1.54, 1.807) is 12.1 Å². The second-order valence-corrected chi connectivity index (χ2v) is 5.92. The maximum atomic E-state index is 12.8. The maximum Gasteiger partial charge on any atom is 0.417 e. The molecule has 1 saturated carbocycles. The fraction of sp³-hybridized carbons (Fsp3) is 0.250. The third kappa shape index (κ3) is 3.97. The molecule has 8 heteroatoms. The van der Waals surface area contributed by atoms with Crippen molar-refractivity contribution in [3.05, 3.63) is 47.1 Å². The molecule has 24 heavy (non-hydrogen) atoms. The molecule has 1 fully saturated rings. The van der Waals surface area contributed by atoms with Crippen LogP contribution in [0.5, 0.6) is 0 Å². The van der Waals surface area contributed by atoms with Gasteiger partial charge in [0.15, 0.2) is 0 Å². The second-order valence-electron chi connectivity index (χ2n) is 5.51. The van der Waals surface area contributed by atoms with E-state index in [2.05, 4.69) is 15.6 Å². The fourth-order valence-electron chi connectivity index (χ4n) is 2.10. The molecule has 126 valence electrons. The number of nitrogens with zero attached hydrogens (tertiary/aromatic N) is 1. The van der Waals surface area contributed by atoms with Crippen molar-refractivity contribution in [2.75, 3.05) is 10.6 Å². The minimum atomic E-state index is -4.52. The molecule has 0 bridgehead atoms. The van der Waals surface area contributed by atoms with Crippen molar-refractivity contribution in [3.63, 3.8) is 0 Å². The first kappa shape index (κ1) is 16.6. The van der Waals surface area contributed by atoms with Crippen LogP contribution in [0.15, 0.2) is 36.5 Å². The standard InChI is InChI=1S/C16H13ClF3N3O/c17-13-5-3-10(7-12(13)16(18,19)20)22-11-4-6-14(21-8-11)23-15(24)9-1-2-9/h3-9,22H,1-2H2,(H,21,23,24). The Morgan fingerprint density at radius 2 is 1.88 bits per heavy atom. The summed E-state index contributed by atoms with van der Waals surface area (Å²) in [6, 6.07) is 6.77. The molecule has 1 aliphatic rings. The van der Waals surface area contributed by atoms with Crippen molar-refractivity contribution < 1.29 is 18.0 Å². The number of amides is 1.